The van der Waals surface area contributed by atoms with Crippen molar-refractivity contribution in [2.24, 2.45) is 5.73 Å². The third-order valence-electron chi connectivity index (χ3n) is 3.20. The standard InChI is InChI=1S/C13H17BrN2O/c1-2-9-10-6-8(4-3-5-15)7-11(14)12(10)16-13(9)17/h6-7,9H,2-5,15H2,1H3,(H,16,17). The molecule has 92 valence electrons. The highest BCUT2D eigenvalue weighted by Gasteiger charge is 2.30. The summed E-state index contributed by atoms with van der Waals surface area (Å²) in [6.45, 7) is 2.74. The van der Waals surface area contributed by atoms with Crippen molar-refractivity contribution in [3.63, 3.8) is 0 Å². The molecule has 3 N–H and O–H groups in total. The molecule has 3 nitrogen and oxygen atoms in total. The van der Waals surface area contributed by atoms with Gasteiger partial charge in [-0.3, -0.25) is 4.79 Å². The Bertz CT molecular complexity index is 445. The van der Waals surface area contributed by atoms with Crippen LogP contribution in [0.3, 0.4) is 0 Å². The molecular formula is C13H17BrN2O. The van der Waals surface area contributed by atoms with E-state index in [2.05, 4.69) is 33.4 Å². The smallest absolute Gasteiger partial charge is 0.232 e. The monoisotopic (exact) mass is 296 g/mol. The Kier molecular flexibility index (Phi) is 3.84. The lowest BCUT2D eigenvalue weighted by atomic mass is 9.95. The van der Waals surface area contributed by atoms with Crippen LogP contribution < -0.4 is 11.1 Å². The highest BCUT2D eigenvalue weighted by atomic mass is 79.9. The number of nitrogens with two attached hydrogens (primary N) is 1. The van der Waals surface area contributed by atoms with Gasteiger partial charge in [0.1, 0.15) is 0 Å². The molecule has 4 heteroatoms. The Morgan fingerprint density at radius 2 is 2.24 bits per heavy atom. The quantitative estimate of drug-likeness (QED) is 0.898. The van der Waals surface area contributed by atoms with Gasteiger partial charge in [0, 0.05) is 4.47 Å². The molecule has 1 amide bonds. The van der Waals surface area contributed by atoms with Crippen LogP contribution in [0.4, 0.5) is 5.69 Å². The third-order valence-corrected chi connectivity index (χ3v) is 3.82. The molecule has 1 aromatic rings. The van der Waals surface area contributed by atoms with Crippen LogP contribution in [-0.4, -0.2) is 12.5 Å². The number of hydrogen-bond acceptors (Lipinski definition) is 2. The predicted molar refractivity (Wildman–Crippen MR) is 73.2 cm³/mol. The predicted octanol–water partition coefficient (Wildman–Crippen LogP) is 2.79. The first-order chi connectivity index (χ1) is 8.17. The van der Waals surface area contributed by atoms with Crippen LogP contribution in [0.15, 0.2) is 16.6 Å². The van der Waals surface area contributed by atoms with Gasteiger partial charge in [-0.1, -0.05) is 13.0 Å². The average Bonchev–Trinajstić information content (AvgIpc) is 2.63. The number of carbonyl (C=O) groups excluding carboxylic acids is 1. The second-order valence-corrected chi connectivity index (χ2v) is 5.24. The van der Waals surface area contributed by atoms with Gasteiger partial charge in [0.05, 0.1) is 11.6 Å². The van der Waals surface area contributed by atoms with Crippen molar-refractivity contribution in [2.75, 3.05) is 11.9 Å². The lowest BCUT2D eigenvalue weighted by molar-refractivity contribution is -0.117. The van der Waals surface area contributed by atoms with E-state index < -0.39 is 0 Å². The number of fused-ring (bicyclic) bond motifs is 1. The summed E-state index contributed by atoms with van der Waals surface area (Å²) >= 11 is 3.53. The van der Waals surface area contributed by atoms with Crippen LogP contribution in [-0.2, 0) is 11.2 Å². The number of halogens is 1. The van der Waals surface area contributed by atoms with Gasteiger partial charge in [-0.25, -0.2) is 0 Å². The van der Waals surface area contributed by atoms with Crippen molar-refractivity contribution in [3.8, 4) is 0 Å². The lowest BCUT2D eigenvalue weighted by Crippen LogP contribution is -2.10. The maximum absolute atomic E-state index is 11.8. The normalized spacial score (nSPS) is 18.1. The molecule has 1 atom stereocenters. The fourth-order valence-electron chi connectivity index (χ4n) is 2.30. The maximum atomic E-state index is 11.8. The number of hydrogen-bond donors (Lipinski definition) is 2. The molecule has 0 aromatic heterocycles. The summed E-state index contributed by atoms with van der Waals surface area (Å²) in [5.74, 6) is 0.110. The zero-order chi connectivity index (χ0) is 12.4. The lowest BCUT2D eigenvalue weighted by Gasteiger charge is -2.09. The first-order valence-corrected chi connectivity index (χ1v) is 6.80. The van der Waals surface area contributed by atoms with Crippen molar-refractivity contribution in [1.29, 1.82) is 0 Å². The molecule has 0 saturated carbocycles. The largest absolute Gasteiger partial charge is 0.330 e. The van der Waals surface area contributed by atoms with E-state index in [4.69, 9.17) is 5.73 Å². The van der Waals surface area contributed by atoms with Crippen molar-refractivity contribution in [3.05, 3.63) is 27.7 Å². The molecule has 0 radical (unpaired) electrons. The summed E-state index contributed by atoms with van der Waals surface area (Å²) < 4.78 is 0.978. The summed E-state index contributed by atoms with van der Waals surface area (Å²) in [7, 11) is 0. The third kappa shape index (κ3) is 2.38. The van der Waals surface area contributed by atoms with Crippen LogP contribution >= 0.6 is 15.9 Å². The summed E-state index contributed by atoms with van der Waals surface area (Å²) in [6, 6.07) is 4.22. The first kappa shape index (κ1) is 12.6. The zero-order valence-corrected chi connectivity index (χ0v) is 11.5. The summed E-state index contributed by atoms with van der Waals surface area (Å²) in [4.78, 5) is 11.8. The number of nitrogens with one attached hydrogen (secondary N) is 1. The first-order valence-electron chi connectivity index (χ1n) is 6.00. The van der Waals surface area contributed by atoms with Gasteiger partial charge in [0.15, 0.2) is 0 Å². The Hall–Kier alpha value is -0.870. The molecule has 17 heavy (non-hydrogen) atoms. The van der Waals surface area contributed by atoms with Gasteiger partial charge < -0.3 is 11.1 Å². The molecular weight excluding hydrogens is 280 g/mol. The van der Waals surface area contributed by atoms with Gasteiger partial charge in [0.25, 0.3) is 0 Å². The second-order valence-electron chi connectivity index (χ2n) is 4.38. The topological polar surface area (TPSA) is 55.1 Å². The highest BCUT2D eigenvalue weighted by molar-refractivity contribution is 9.10. The van der Waals surface area contributed by atoms with Crippen LogP contribution in [0.2, 0.25) is 0 Å². The van der Waals surface area contributed by atoms with E-state index in [1.807, 2.05) is 6.92 Å². The number of carbonyl (C=O) groups is 1. The molecule has 1 aromatic carbocycles. The van der Waals surface area contributed by atoms with E-state index in [9.17, 15) is 4.79 Å². The molecule has 0 spiro atoms. The average molecular weight is 297 g/mol. The van der Waals surface area contributed by atoms with Gasteiger partial charge in [0.2, 0.25) is 5.91 Å². The van der Waals surface area contributed by atoms with Gasteiger partial charge in [-0.05, 0) is 58.9 Å². The van der Waals surface area contributed by atoms with E-state index in [0.717, 1.165) is 35.0 Å². The van der Waals surface area contributed by atoms with Crippen molar-refractivity contribution >= 4 is 27.5 Å². The zero-order valence-electron chi connectivity index (χ0n) is 9.92. The van der Waals surface area contributed by atoms with Gasteiger partial charge in [-0.15, -0.1) is 0 Å². The summed E-state index contributed by atoms with van der Waals surface area (Å²) in [6.07, 6.45) is 2.78. The molecule has 0 saturated heterocycles. The maximum Gasteiger partial charge on any atom is 0.232 e. The fourth-order valence-corrected chi connectivity index (χ4v) is 2.92. The van der Waals surface area contributed by atoms with E-state index in [0.29, 0.717) is 6.54 Å². The molecule has 0 aliphatic carbocycles. The van der Waals surface area contributed by atoms with Crippen LogP contribution in [0.5, 0.6) is 0 Å². The summed E-state index contributed by atoms with van der Waals surface area (Å²) in [5, 5.41) is 2.94. The molecule has 2 rings (SSSR count). The minimum atomic E-state index is -0.000809. The van der Waals surface area contributed by atoms with Crippen molar-refractivity contribution < 1.29 is 4.79 Å². The summed E-state index contributed by atoms with van der Waals surface area (Å²) in [5.41, 5.74) is 8.84. The van der Waals surface area contributed by atoms with Crippen LogP contribution in [0.1, 0.15) is 36.8 Å². The second kappa shape index (κ2) is 5.19. The van der Waals surface area contributed by atoms with E-state index in [1.54, 1.807) is 0 Å². The number of anilines is 1. The van der Waals surface area contributed by atoms with Crippen LogP contribution in [0, 0.1) is 0 Å². The van der Waals surface area contributed by atoms with Gasteiger partial charge in [-0.2, -0.15) is 0 Å². The van der Waals surface area contributed by atoms with E-state index >= 15 is 0 Å². The Labute approximate surface area is 110 Å². The Morgan fingerprint density at radius 3 is 2.88 bits per heavy atom. The van der Waals surface area contributed by atoms with Crippen molar-refractivity contribution in [1.82, 2.24) is 0 Å². The number of rotatable bonds is 4. The number of amides is 1. The fraction of sp³-hybridized carbons (Fsp3) is 0.462. The van der Waals surface area contributed by atoms with Gasteiger partial charge >= 0.3 is 0 Å². The SMILES string of the molecule is CCC1C(=O)Nc2c(Br)cc(CCCN)cc21. The van der Waals surface area contributed by atoms with E-state index in [-0.39, 0.29) is 11.8 Å². The number of aryl methyl sites for hydroxylation is 1. The Balaban J connectivity index is 2.36. The molecule has 1 aliphatic rings. The molecule has 1 aliphatic heterocycles. The number of benzene rings is 1. The highest BCUT2D eigenvalue weighted by Crippen LogP contribution is 2.40. The minimum absolute atomic E-state index is 0.000809. The van der Waals surface area contributed by atoms with E-state index in [1.165, 1.54) is 5.56 Å². The molecule has 1 heterocycles. The molecule has 0 fully saturated rings. The van der Waals surface area contributed by atoms with Crippen molar-refractivity contribution in [2.45, 2.75) is 32.1 Å². The molecule has 0 bridgehead atoms. The Morgan fingerprint density at radius 1 is 1.47 bits per heavy atom. The molecule has 1 unspecified atom stereocenters. The van der Waals surface area contributed by atoms with Crippen LogP contribution in [0.25, 0.3) is 0 Å². The minimum Gasteiger partial charge on any atom is -0.330 e.